The van der Waals surface area contributed by atoms with Gasteiger partial charge in [0.2, 0.25) is 0 Å². The molecule has 0 saturated heterocycles. The van der Waals surface area contributed by atoms with Gasteiger partial charge in [-0.05, 0) is 36.1 Å². The molecule has 0 bridgehead atoms. The van der Waals surface area contributed by atoms with E-state index < -0.39 is 6.04 Å². The summed E-state index contributed by atoms with van der Waals surface area (Å²) in [5.41, 5.74) is 2.89. The van der Waals surface area contributed by atoms with Gasteiger partial charge in [0.25, 0.3) is 0 Å². The van der Waals surface area contributed by atoms with Crippen LogP contribution in [0.1, 0.15) is 36.9 Å². The molecule has 1 atom stereocenters. The highest BCUT2D eigenvalue weighted by atomic mass is 35.5. The highest BCUT2D eigenvalue weighted by Gasteiger charge is 2.31. The van der Waals surface area contributed by atoms with Crippen LogP contribution in [0.2, 0.25) is 5.02 Å². The zero-order chi connectivity index (χ0) is 19.4. The summed E-state index contributed by atoms with van der Waals surface area (Å²) in [6.07, 6.45) is 1.49. The van der Waals surface area contributed by atoms with E-state index >= 15 is 0 Å². The number of aromatic hydroxyl groups is 1. The Morgan fingerprint density at radius 2 is 1.93 bits per heavy atom. The minimum Gasteiger partial charge on any atom is -0.506 e. The fourth-order valence-corrected chi connectivity index (χ4v) is 3.40. The molecule has 0 saturated carbocycles. The number of nitrogens with one attached hydrogen (secondary N) is 2. The molecular weight excluding hydrogens is 364 g/mol. The first-order valence-corrected chi connectivity index (χ1v) is 9.23. The number of amides is 2. The van der Waals surface area contributed by atoms with Crippen molar-refractivity contribution in [3.8, 4) is 5.75 Å². The van der Waals surface area contributed by atoms with Crippen molar-refractivity contribution in [3.63, 3.8) is 0 Å². The number of phenolic OH excluding ortho intramolecular Hbond substituents is 1. The number of rotatable bonds is 6. The molecule has 6 heteroatoms. The van der Waals surface area contributed by atoms with Crippen LogP contribution in [0.5, 0.6) is 5.75 Å². The lowest BCUT2D eigenvalue weighted by molar-refractivity contribution is -0.116. The molecule has 0 aromatic heterocycles. The number of hydrogen-bond acceptors (Lipinski definition) is 3. The van der Waals surface area contributed by atoms with Gasteiger partial charge in [-0.1, -0.05) is 54.9 Å². The maximum absolute atomic E-state index is 13.1. The second kappa shape index (κ2) is 8.27. The molecule has 0 aliphatic carbocycles. The number of urea groups is 1. The average Bonchev–Trinajstić information content (AvgIpc) is 2.68. The molecule has 5 nitrogen and oxygen atoms in total. The van der Waals surface area contributed by atoms with Crippen molar-refractivity contribution < 1.29 is 14.7 Å². The van der Waals surface area contributed by atoms with E-state index in [0.717, 1.165) is 5.56 Å². The van der Waals surface area contributed by atoms with Gasteiger partial charge in [-0.3, -0.25) is 4.79 Å². The average molecular weight is 385 g/mol. The molecular formula is C21H21ClN2O3. The maximum Gasteiger partial charge on any atom is 0.319 e. The number of ketones is 1. The molecule has 0 spiro atoms. The van der Waals surface area contributed by atoms with Gasteiger partial charge >= 0.3 is 6.03 Å². The first-order chi connectivity index (χ1) is 13.0. The molecule has 1 aliphatic heterocycles. The number of carbonyl (C=O) groups excluding carboxylic acids is 2. The smallest absolute Gasteiger partial charge is 0.319 e. The normalized spacial score (nSPS) is 16.7. The van der Waals surface area contributed by atoms with Crippen LogP contribution in [-0.4, -0.2) is 16.9 Å². The van der Waals surface area contributed by atoms with Crippen molar-refractivity contribution in [3.05, 3.63) is 76.0 Å². The minimum atomic E-state index is -0.602. The van der Waals surface area contributed by atoms with E-state index in [1.807, 2.05) is 37.3 Å². The van der Waals surface area contributed by atoms with Crippen molar-refractivity contribution in [2.24, 2.45) is 0 Å². The molecule has 140 valence electrons. The standard InChI is InChI=1S/C21H21ClN2O3/c1-2-16-19(18(26)10-8-13-6-4-3-5-7-13)20(24-21(27)23-16)14-9-11-17(25)15(22)12-14/h3-7,9,11-12,20,25H,2,8,10H2,1H3,(H2,23,24,27)/t20-/m0/s1. The molecule has 0 radical (unpaired) electrons. The predicted molar refractivity (Wildman–Crippen MR) is 105 cm³/mol. The Bertz CT molecular complexity index is 894. The number of Topliss-reactive ketones (excluding diaryl/α,β-unsaturated/α-hetero) is 1. The number of phenols is 1. The summed E-state index contributed by atoms with van der Waals surface area (Å²) in [4.78, 5) is 25.1. The maximum atomic E-state index is 13.1. The van der Waals surface area contributed by atoms with Crippen LogP contribution >= 0.6 is 11.6 Å². The quantitative estimate of drug-likeness (QED) is 0.696. The van der Waals surface area contributed by atoms with Gasteiger partial charge in [-0.25, -0.2) is 4.79 Å². The van der Waals surface area contributed by atoms with E-state index in [-0.39, 0.29) is 22.6 Å². The van der Waals surface area contributed by atoms with Crippen LogP contribution in [-0.2, 0) is 11.2 Å². The summed E-state index contributed by atoms with van der Waals surface area (Å²) in [5.74, 6) is -0.0743. The van der Waals surface area contributed by atoms with Gasteiger partial charge in [0.1, 0.15) is 5.75 Å². The van der Waals surface area contributed by atoms with Gasteiger partial charge in [0.15, 0.2) is 5.78 Å². The molecule has 1 aliphatic rings. The van der Waals surface area contributed by atoms with Crippen molar-refractivity contribution in [2.75, 3.05) is 0 Å². The van der Waals surface area contributed by atoms with Crippen molar-refractivity contribution in [1.29, 1.82) is 0 Å². The predicted octanol–water partition coefficient (Wildman–Crippen LogP) is 4.27. The van der Waals surface area contributed by atoms with Crippen LogP contribution in [0.3, 0.4) is 0 Å². The van der Waals surface area contributed by atoms with E-state index in [1.165, 1.54) is 6.07 Å². The van der Waals surface area contributed by atoms with Gasteiger partial charge < -0.3 is 15.7 Å². The molecule has 3 rings (SSSR count). The zero-order valence-corrected chi connectivity index (χ0v) is 15.7. The fourth-order valence-electron chi connectivity index (χ4n) is 3.22. The Morgan fingerprint density at radius 3 is 2.59 bits per heavy atom. The Balaban J connectivity index is 1.91. The molecule has 0 unspecified atom stereocenters. The monoisotopic (exact) mass is 384 g/mol. The molecule has 1 heterocycles. The first-order valence-electron chi connectivity index (χ1n) is 8.85. The topological polar surface area (TPSA) is 78.4 Å². The Labute approximate surface area is 163 Å². The largest absolute Gasteiger partial charge is 0.506 e. The third-order valence-corrected chi connectivity index (χ3v) is 4.90. The van der Waals surface area contributed by atoms with Crippen LogP contribution in [0.25, 0.3) is 0 Å². The molecule has 2 aromatic rings. The highest BCUT2D eigenvalue weighted by molar-refractivity contribution is 6.32. The Morgan fingerprint density at radius 1 is 1.19 bits per heavy atom. The summed E-state index contributed by atoms with van der Waals surface area (Å²) in [6.45, 7) is 1.90. The number of benzene rings is 2. The lowest BCUT2D eigenvalue weighted by Gasteiger charge is -2.30. The van der Waals surface area contributed by atoms with Crippen LogP contribution in [0, 0.1) is 0 Å². The molecule has 0 fully saturated rings. The number of allylic oxidation sites excluding steroid dienone is 1. The third-order valence-electron chi connectivity index (χ3n) is 4.60. The van der Waals surface area contributed by atoms with Crippen molar-refractivity contribution >= 4 is 23.4 Å². The Hall–Kier alpha value is -2.79. The van der Waals surface area contributed by atoms with Gasteiger partial charge in [-0.15, -0.1) is 0 Å². The minimum absolute atomic E-state index is 0.0302. The van der Waals surface area contributed by atoms with E-state index in [4.69, 9.17) is 11.6 Å². The van der Waals surface area contributed by atoms with Crippen molar-refractivity contribution in [2.45, 2.75) is 32.2 Å². The molecule has 27 heavy (non-hydrogen) atoms. The molecule has 3 N–H and O–H groups in total. The van der Waals surface area contributed by atoms with Gasteiger partial charge in [0, 0.05) is 17.7 Å². The SMILES string of the molecule is CCC1=C(C(=O)CCc2ccccc2)[C@H](c2ccc(O)c(Cl)c2)NC(=O)N1. The fraction of sp³-hybridized carbons (Fsp3) is 0.238. The third kappa shape index (κ3) is 4.31. The summed E-state index contributed by atoms with van der Waals surface area (Å²) in [5, 5.41) is 15.4. The first kappa shape index (κ1) is 19.0. The lowest BCUT2D eigenvalue weighted by Crippen LogP contribution is -2.45. The second-order valence-electron chi connectivity index (χ2n) is 6.40. The lowest BCUT2D eigenvalue weighted by atomic mass is 9.89. The van der Waals surface area contributed by atoms with Crippen LogP contribution in [0.15, 0.2) is 59.8 Å². The van der Waals surface area contributed by atoms with E-state index in [9.17, 15) is 14.7 Å². The summed E-state index contributed by atoms with van der Waals surface area (Å²) < 4.78 is 0. The highest BCUT2D eigenvalue weighted by Crippen LogP contribution is 2.33. The number of carbonyl (C=O) groups is 2. The second-order valence-corrected chi connectivity index (χ2v) is 6.80. The van der Waals surface area contributed by atoms with Crippen LogP contribution in [0.4, 0.5) is 4.79 Å². The van der Waals surface area contributed by atoms with E-state index in [1.54, 1.807) is 12.1 Å². The molecule has 2 aromatic carbocycles. The number of halogens is 1. The molecule has 2 amide bonds. The summed E-state index contributed by atoms with van der Waals surface area (Å²) in [6, 6.07) is 13.5. The summed E-state index contributed by atoms with van der Waals surface area (Å²) >= 11 is 6.03. The number of hydrogen-bond donors (Lipinski definition) is 3. The summed E-state index contributed by atoms with van der Waals surface area (Å²) in [7, 11) is 0. The Kier molecular flexibility index (Phi) is 5.81. The van der Waals surface area contributed by atoms with Crippen LogP contribution < -0.4 is 10.6 Å². The van der Waals surface area contributed by atoms with E-state index in [2.05, 4.69) is 10.6 Å². The van der Waals surface area contributed by atoms with Gasteiger partial charge in [-0.2, -0.15) is 0 Å². The van der Waals surface area contributed by atoms with E-state index in [0.29, 0.717) is 36.1 Å². The zero-order valence-electron chi connectivity index (χ0n) is 15.0. The van der Waals surface area contributed by atoms with Crippen molar-refractivity contribution in [1.82, 2.24) is 10.6 Å². The number of aryl methyl sites for hydroxylation is 1. The van der Waals surface area contributed by atoms with Gasteiger partial charge in [0.05, 0.1) is 11.1 Å².